The fourth-order valence-electron chi connectivity index (χ4n) is 3.30. The van der Waals surface area contributed by atoms with Crippen LogP contribution in [0.1, 0.15) is 80.6 Å². The predicted molar refractivity (Wildman–Crippen MR) is 131 cm³/mol. The van der Waals surface area contributed by atoms with Crippen molar-refractivity contribution in [3.05, 3.63) is 46.6 Å². The van der Waals surface area contributed by atoms with Crippen molar-refractivity contribution >= 4 is 24.5 Å². The van der Waals surface area contributed by atoms with E-state index in [4.69, 9.17) is 0 Å². The molecule has 1 unspecified atom stereocenters. The van der Waals surface area contributed by atoms with Gasteiger partial charge in [-0.1, -0.05) is 46.6 Å². The average Bonchev–Trinajstić information content (AvgIpc) is 2.64. The van der Waals surface area contributed by atoms with Crippen molar-refractivity contribution in [3.63, 3.8) is 0 Å². The second-order valence-electron chi connectivity index (χ2n) is 8.29. The highest BCUT2D eigenvalue weighted by Crippen LogP contribution is 2.21. The molecule has 0 aliphatic carbocycles. The number of amides is 1. The van der Waals surface area contributed by atoms with E-state index in [-0.39, 0.29) is 17.7 Å². The van der Waals surface area contributed by atoms with Crippen molar-refractivity contribution in [2.75, 3.05) is 5.75 Å². The van der Waals surface area contributed by atoms with Crippen LogP contribution < -0.4 is 0 Å². The highest BCUT2D eigenvalue weighted by atomic mass is 32.1. The van der Waals surface area contributed by atoms with Crippen LogP contribution >= 0.6 is 12.6 Å². The standard InChI is InChI=1S/C25H41NO3S/c1-8-19(4)15-23(26(22(7)27)24(17-30)25(28)29)16-21(6)14-10-13-20(5)12-9-11-18(2)3/h8,11,13,16,23-24,30H,9-10,12,14-15,17H2,1-7H3,(H,28,29)/t23?,24-/m0/s1. The molecule has 1 amide bonds. The lowest BCUT2D eigenvalue weighted by atomic mass is 9.99. The summed E-state index contributed by atoms with van der Waals surface area (Å²) in [5, 5.41) is 9.58. The minimum absolute atomic E-state index is 0.0841. The number of carboxylic acids is 1. The Labute approximate surface area is 189 Å². The van der Waals surface area contributed by atoms with Gasteiger partial charge in [0.1, 0.15) is 6.04 Å². The third-order valence-corrected chi connectivity index (χ3v) is 5.48. The molecule has 0 aliphatic heterocycles. The third kappa shape index (κ3) is 11.4. The van der Waals surface area contributed by atoms with E-state index in [0.717, 1.165) is 36.8 Å². The van der Waals surface area contributed by atoms with Crippen LogP contribution in [0.3, 0.4) is 0 Å². The number of carboxylic acid groups (broad SMARTS) is 1. The maximum atomic E-state index is 12.4. The molecule has 0 saturated heterocycles. The van der Waals surface area contributed by atoms with Crippen LogP contribution in [0.5, 0.6) is 0 Å². The van der Waals surface area contributed by atoms with Crippen LogP contribution in [0, 0.1) is 0 Å². The number of rotatable bonds is 13. The number of carbonyl (C=O) groups is 2. The molecule has 0 rings (SSSR count). The zero-order chi connectivity index (χ0) is 23.3. The summed E-state index contributed by atoms with van der Waals surface area (Å²) in [5.41, 5.74) is 5.01. The van der Waals surface area contributed by atoms with Gasteiger partial charge in [0.05, 0.1) is 6.04 Å². The molecule has 0 aliphatic rings. The lowest BCUT2D eigenvalue weighted by Crippen LogP contribution is -2.50. The van der Waals surface area contributed by atoms with E-state index in [9.17, 15) is 14.7 Å². The molecule has 0 spiro atoms. The molecule has 1 N–H and O–H groups in total. The van der Waals surface area contributed by atoms with Gasteiger partial charge >= 0.3 is 5.97 Å². The highest BCUT2D eigenvalue weighted by molar-refractivity contribution is 7.80. The van der Waals surface area contributed by atoms with E-state index in [1.54, 1.807) is 0 Å². The van der Waals surface area contributed by atoms with Gasteiger partial charge in [-0.25, -0.2) is 4.79 Å². The van der Waals surface area contributed by atoms with E-state index >= 15 is 0 Å². The summed E-state index contributed by atoms with van der Waals surface area (Å²) in [5.74, 6) is -1.19. The maximum Gasteiger partial charge on any atom is 0.327 e. The van der Waals surface area contributed by atoms with Gasteiger partial charge in [-0.15, -0.1) is 0 Å². The van der Waals surface area contributed by atoms with Gasteiger partial charge in [-0.05, 0) is 73.6 Å². The number of carbonyl (C=O) groups excluding carboxylic acids is 1. The van der Waals surface area contributed by atoms with Crippen LogP contribution in [0.4, 0.5) is 0 Å². The largest absolute Gasteiger partial charge is 0.480 e. The van der Waals surface area contributed by atoms with Gasteiger partial charge in [-0.3, -0.25) is 4.79 Å². The Morgan fingerprint density at radius 1 is 0.933 bits per heavy atom. The van der Waals surface area contributed by atoms with Crippen molar-refractivity contribution in [2.45, 2.75) is 92.7 Å². The molecule has 0 aromatic heterocycles. The summed E-state index contributed by atoms with van der Waals surface area (Å²) in [4.78, 5) is 25.5. The van der Waals surface area contributed by atoms with Crippen molar-refractivity contribution in [1.82, 2.24) is 4.90 Å². The van der Waals surface area contributed by atoms with Crippen LogP contribution in [0.2, 0.25) is 0 Å². The minimum Gasteiger partial charge on any atom is -0.480 e. The van der Waals surface area contributed by atoms with Crippen LogP contribution in [-0.2, 0) is 9.59 Å². The molecule has 2 atom stereocenters. The van der Waals surface area contributed by atoms with Gasteiger partial charge in [-0.2, -0.15) is 12.6 Å². The van der Waals surface area contributed by atoms with E-state index in [2.05, 4.69) is 58.6 Å². The Morgan fingerprint density at radius 3 is 1.97 bits per heavy atom. The topological polar surface area (TPSA) is 57.6 Å². The Bertz CT molecular complexity index is 685. The highest BCUT2D eigenvalue weighted by Gasteiger charge is 2.31. The number of aliphatic carboxylic acids is 1. The number of nitrogens with zero attached hydrogens (tertiary/aromatic N) is 1. The summed E-state index contributed by atoms with van der Waals surface area (Å²) in [6, 6.07) is -1.24. The summed E-state index contributed by atoms with van der Waals surface area (Å²) < 4.78 is 0. The first kappa shape index (κ1) is 28.2. The number of thiol groups is 1. The van der Waals surface area contributed by atoms with Crippen molar-refractivity contribution in [2.24, 2.45) is 0 Å². The van der Waals surface area contributed by atoms with Crippen LogP contribution in [-0.4, -0.2) is 39.7 Å². The molecule has 30 heavy (non-hydrogen) atoms. The normalized spacial score (nSPS) is 14.9. The molecule has 4 nitrogen and oxygen atoms in total. The molecule has 0 aromatic rings. The molecule has 0 radical (unpaired) electrons. The second kappa shape index (κ2) is 15.1. The van der Waals surface area contributed by atoms with Gasteiger partial charge in [0, 0.05) is 12.7 Å². The van der Waals surface area contributed by atoms with Crippen molar-refractivity contribution in [3.8, 4) is 0 Å². The average molecular weight is 436 g/mol. The summed E-state index contributed by atoms with van der Waals surface area (Å²) in [7, 11) is 0. The molecule has 170 valence electrons. The smallest absolute Gasteiger partial charge is 0.327 e. The number of hydrogen-bond donors (Lipinski definition) is 2. The quantitative estimate of drug-likeness (QED) is 0.261. The van der Waals surface area contributed by atoms with Gasteiger partial charge in [0.15, 0.2) is 0 Å². The number of hydrogen-bond acceptors (Lipinski definition) is 3. The van der Waals surface area contributed by atoms with Gasteiger partial charge in [0.2, 0.25) is 5.91 Å². The minimum atomic E-state index is -1.02. The molecule has 0 heterocycles. The zero-order valence-corrected chi connectivity index (χ0v) is 20.8. The molecule has 0 bridgehead atoms. The molecule has 0 saturated carbocycles. The summed E-state index contributed by atoms with van der Waals surface area (Å²) in [6.45, 7) is 13.8. The number of allylic oxidation sites excluding steroid dienone is 6. The molecular weight excluding hydrogens is 394 g/mol. The Morgan fingerprint density at radius 2 is 1.50 bits per heavy atom. The third-order valence-electron chi connectivity index (χ3n) is 5.14. The molecule has 0 aromatic carbocycles. The molecular formula is C25H41NO3S. The predicted octanol–water partition coefficient (Wildman–Crippen LogP) is 6.36. The van der Waals surface area contributed by atoms with E-state index in [1.165, 1.54) is 23.0 Å². The Hall–Kier alpha value is -1.75. The van der Waals surface area contributed by atoms with E-state index in [0.29, 0.717) is 6.42 Å². The SMILES string of the molecule is CC=C(C)CC(C=C(C)CCC=C(C)CCC=C(C)C)N(C(C)=O)[C@@H](CS)C(=O)O. The van der Waals surface area contributed by atoms with Crippen LogP contribution in [0.25, 0.3) is 0 Å². The Kier molecular flexibility index (Phi) is 14.2. The zero-order valence-electron chi connectivity index (χ0n) is 19.9. The van der Waals surface area contributed by atoms with E-state index < -0.39 is 12.0 Å². The fourth-order valence-corrected chi connectivity index (χ4v) is 3.64. The van der Waals surface area contributed by atoms with Gasteiger partial charge < -0.3 is 10.0 Å². The Balaban J connectivity index is 5.42. The lowest BCUT2D eigenvalue weighted by Gasteiger charge is -2.34. The first-order valence-electron chi connectivity index (χ1n) is 10.7. The van der Waals surface area contributed by atoms with Gasteiger partial charge in [0.25, 0.3) is 0 Å². The molecule has 0 fully saturated rings. The van der Waals surface area contributed by atoms with Crippen LogP contribution in [0.15, 0.2) is 46.6 Å². The first-order valence-corrected chi connectivity index (χ1v) is 11.4. The monoisotopic (exact) mass is 435 g/mol. The van der Waals surface area contributed by atoms with E-state index in [1.807, 2.05) is 19.9 Å². The summed E-state index contributed by atoms with van der Waals surface area (Å²) >= 11 is 4.19. The maximum absolute atomic E-state index is 12.4. The first-order chi connectivity index (χ1) is 14.0. The van der Waals surface area contributed by atoms with Crippen molar-refractivity contribution in [1.29, 1.82) is 0 Å². The van der Waals surface area contributed by atoms with Crippen molar-refractivity contribution < 1.29 is 14.7 Å². The fraction of sp³-hybridized carbons (Fsp3) is 0.600. The molecule has 5 heteroatoms. The lowest BCUT2D eigenvalue weighted by molar-refractivity contribution is -0.149. The summed E-state index contributed by atoms with van der Waals surface area (Å²) in [6.07, 6.45) is 13.2. The second-order valence-corrected chi connectivity index (χ2v) is 8.66.